The minimum absolute atomic E-state index is 0.0216. The highest BCUT2D eigenvalue weighted by atomic mass is 16.5. The van der Waals surface area contributed by atoms with Crippen LogP contribution in [0.1, 0.15) is 29.2 Å². The average Bonchev–Trinajstić information content (AvgIpc) is 2.73. The van der Waals surface area contributed by atoms with Crippen LogP contribution in [0.25, 0.3) is 0 Å². The second-order valence-corrected chi connectivity index (χ2v) is 5.05. The van der Waals surface area contributed by atoms with Crippen molar-refractivity contribution in [2.24, 2.45) is 7.05 Å². The molecule has 1 atom stereocenters. The molecule has 0 unspecified atom stereocenters. The fourth-order valence-corrected chi connectivity index (χ4v) is 2.85. The Kier molecular flexibility index (Phi) is 2.97. The van der Waals surface area contributed by atoms with E-state index in [-0.39, 0.29) is 11.8 Å². The van der Waals surface area contributed by atoms with E-state index < -0.39 is 0 Å². The number of ether oxygens (including phenoxy) is 1. The SMILES string of the molecule is COc1cccc([C@H]2CC(=O)Nc3c2c(C)nn3C)c1. The van der Waals surface area contributed by atoms with E-state index in [1.165, 1.54) is 0 Å². The molecule has 2 heterocycles. The predicted octanol–water partition coefficient (Wildman–Crippen LogP) is 2.21. The van der Waals surface area contributed by atoms with Crippen molar-refractivity contribution in [2.75, 3.05) is 12.4 Å². The van der Waals surface area contributed by atoms with Crippen LogP contribution < -0.4 is 10.1 Å². The van der Waals surface area contributed by atoms with Crippen LogP contribution in [-0.4, -0.2) is 22.8 Å². The average molecular weight is 271 g/mol. The van der Waals surface area contributed by atoms with Gasteiger partial charge in [-0.25, -0.2) is 0 Å². The molecule has 1 amide bonds. The van der Waals surface area contributed by atoms with E-state index in [9.17, 15) is 4.79 Å². The number of aromatic nitrogens is 2. The minimum Gasteiger partial charge on any atom is -0.497 e. The molecule has 0 spiro atoms. The van der Waals surface area contributed by atoms with Crippen molar-refractivity contribution in [2.45, 2.75) is 19.3 Å². The van der Waals surface area contributed by atoms with Gasteiger partial charge < -0.3 is 10.1 Å². The van der Waals surface area contributed by atoms with Crippen LogP contribution in [-0.2, 0) is 11.8 Å². The van der Waals surface area contributed by atoms with E-state index in [2.05, 4.69) is 10.4 Å². The van der Waals surface area contributed by atoms with Gasteiger partial charge in [-0.2, -0.15) is 5.10 Å². The van der Waals surface area contributed by atoms with Crippen molar-refractivity contribution in [1.82, 2.24) is 9.78 Å². The second-order valence-electron chi connectivity index (χ2n) is 5.05. The van der Waals surface area contributed by atoms with Gasteiger partial charge in [0.05, 0.1) is 12.8 Å². The van der Waals surface area contributed by atoms with Crippen molar-refractivity contribution in [3.05, 3.63) is 41.1 Å². The monoisotopic (exact) mass is 271 g/mol. The summed E-state index contributed by atoms with van der Waals surface area (Å²) in [5.41, 5.74) is 3.13. The maximum atomic E-state index is 11.9. The summed E-state index contributed by atoms with van der Waals surface area (Å²) in [5.74, 6) is 1.65. The third kappa shape index (κ3) is 1.95. The number of anilines is 1. The first-order chi connectivity index (χ1) is 9.60. The van der Waals surface area contributed by atoms with Crippen LogP contribution in [0.3, 0.4) is 0 Å². The molecule has 0 saturated carbocycles. The highest BCUT2D eigenvalue weighted by Crippen LogP contribution is 2.39. The number of nitrogens with zero attached hydrogens (tertiary/aromatic N) is 2. The highest BCUT2D eigenvalue weighted by Gasteiger charge is 2.31. The van der Waals surface area contributed by atoms with Crippen LogP contribution in [0, 0.1) is 6.92 Å². The summed E-state index contributed by atoms with van der Waals surface area (Å²) < 4.78 is 7.01. The van der Waals surface area contributed by atoms with Crippen molar-refractivity contribution in [1.29, 1.82) is 0 Å². The van der Waals surface area contributed by atoms with Gasteiger partial charge >= 0.3 is 0 Å². The first kappa shape index (κ1) is 12.7. The van der Waals surface area contributed by atoms with Crippen LogP contribution in [0.2, 0.25) is 0 Å². The molecule has 1 N–H and O–H groups in total. The molecular weight excluding hydrogens is 254 g/mol. The summed E-state index contributed by atoms with van der Waals surface area (Å²) in [6, 6.07) is 7.87. The Labute approximate surface area is 117 Å². The van der Waals surface area contributed by atoms with E-state index in [4.69, 9.17) is 4.74 Å². The van der Waals surface area contributed by atoms with Gasteiger partial charge in [0.25, 0.3) is 0 Å². The summed E-state index contributed by atoms with van der Waals surface area (Å²) in [5, 5.41) is 7.32. The van der Waals surface area contributed by atoms with Crippen molar-refractivity contribution < 1.29 is 9.53 Å². The zero-order valence-electron chi connectivity index (χ0n) is 11.8. The van der Waals surface area contributed by atoms with E-state index in [1.54, 1.807) is 11.8 Å². The molecule has 104 valence electrons. The van der Waals surface area contributed by atoms with Gasteiger partial charge in [0.2, 0.25) is 5.91 Å². The largest absolute Gasteiger partial charge is 0.497 e. The first-order valence-electron chi connectivity index (χ1n) is 6.57. The topological polar surface area (TPSA) is 56.1 Å². The van der Waals surface area contributed by atoms with Gasteiger partial charge in [-0.3, -0.25) is 9.48 Å². The van der Waals surface area contributed by atoms with Crippen LogP contribution in [0.5, 0.6) is 5.75 Å². The number of amides is 1. The zero-order valence-corrected chi connectivity index (χ0v) is 11.8. The lowest BCUT2D eigenvalue weighted by atomic mass is 9.86. The summed E-state index contributed by atoms with van der Waals surface area (Å²) in [4.78, 5) is 11.9. The van der Waals surface area contributed by atoms with Crippen molar-refractivity contribution in [3.63, 3.8) is 0 Å². The predicted molar refractivity (Wildman–Crippen MR) is 76.0 cm³/mol. The summed E-state index contributed by atoms with van der Waals surface area (Å²) in [6.45, 7) is 1.98. The van der Waals surface area contributed by atoms with Gasteiger partial charge in [0.15, 0.2) is 0 Å². The van der Waals surface area contributed by atoms with E-state index >= 15 is 0 Å². The standard InChI is InChI=1S/C15H17N3O2/c1-9-14-12(10-5-4-6-11(7-10)20-3)8-13(19)16-15(14)18(2)17-9/h4-7,12H,8H2,1-3H3,(H,16,19)/t12-/m1/s1. The number of carbonyl (C=O) groups excluding carboxylic acids is 1. The van der Waals surface area contributed by atoms with E-state index in [1.807, 2.05) is 38.2 Å². The molecule has 1 aromatic heterocycles. The molecule has 3 rings (SSSR count). The van der Waals surface area contributed by atoms with Gasteiger partial charge in [0, 0.05) is 24.9 Å². The third-order valence-corrected chi connectivity index (χ3v) is 3.76. The zero-order chi connectivity index (χ0) is 14.3. The minimum atomic E-state index is 0.0216. The van der Waals surface area contributed by atoms with Gasteiger partial charge in [-0.1, -0.05) is 12.1 Å². The number of nitrogens with one attached hydrogen (secondary N) is 1. The number of hydrogen-bond donors (Lipinski definition) is 1. The summed E-state index contributed by atoms with van der Waals surface area (Å²) in [7, 11) is 3.49. The Morgan fingerprint density at radius 1 is 1.45 bits per heavy atom. The molecule has 0 fully saturated rings. The van der Waals surface area contributed by atoms with E-state index in [0.29, 0.717) is 6.42 Å². The molecule has 20 heavy (non-hydrogen) atoms. The summed E-state index contributed by atoms with van der Waals surface area (Å²) in [6.07, 6.45) is 0.437. The van der Waals surface area contributed by atoms with E-state index in [0.717, 1.165) is 28.4 Å². The molecule has 0 aliphatic carbocycles. The lowest BCUT2D eigenvalue weighted by Crippen LogP contribution is -2.24. The normalized spacial score (nSPS) is 17.6. The second kappa shape index (κ2) is 4.67. The van der Waals surface area contributed by atoms with Crippen LogP contribution in [0.15, 0.2) is 24.3 Å². The Morgan fingerprint density at radius 3 is 3.00 bits per heavy atom. The first-order valence-corrected chi connectivity index (χ1v) is 6.57. The highest BCUT2D eigenvalue weighted by molar-refractivity contribution is 5.94. The fraction of sp³-hybridized carbons (Fsp3) is 0.333. The number of carbonyl (C=O) groups is 1. The number of rotatable bonds is 2. The smallest absolute Gasteiger partial charge is 0.226 e. The van der Waals surface area contributed by atoms with Crippen molar-refractivity contribution >= 4 is 11.7 Å². The molecule has 1 aliphatic rings. The van der Waals surface area contributed by atoms with Gasteiger partial charge in [0.1, 0.15) is 11.6 Å². The maximum absolute atomic E-state index is 11.9. The molecule has 0 radical (unpaired) electrons. The molecule has 0 bridgehead atoms. The molecule has 5 nitrogen and oxygen atoms in total. The molecular formula is C15H17N3O2. The lowest BCUT2D eigenvalue weighted by Gasteiger charge is -2.24. The molecule has 1 aliphatic heterocycles. The van der Waals surface area contributed by atoms with Crippen LogP contribution >= 0.6 is 0 Å². The fourth-order valence-electron chi connectivity index (χ4n) is 2.85. The quantitative estimate of drug-likeness (QED) is 0.911. The lowest BCUT2D eigenvalue weighted by molar-refractivity contribution is -0.116. The third-order valence-electron chi connectivity index (χ3n) is 3.76. The Balaban J connectivity index is 2.12. The van der Waals surface area contributed by atoms with Crippen molar-refractivity contribution in [3.8, 4) is 5.75 Å². The van der Waals surface area contributed by atoms with Gasteiger partial charge in [-0.15, -0.1) is 0 Å². The number of methoxy groups -OCH3 is 1. The van der Waals surface area contributed by atoms with Gasteiger partial charge in [-0.05, 0) is 24.6 Å². The Bertz CT molecular complexity index is 676. The Morgan fingerprint density at radius 2 is 2.25 bits per heavy atom. The molecule has 5 heteroatoms. The number of benzene rings is 1. The summed E-state index contributed by atoms with van der Waals surface area (Å²) >= 11 is 0. The van der Waals surface area contributed by atoms with Crippen LogP contribution in [0.4, 0.5) is 5.82 Å². The number of hydrogen-bond acceptors (Lipinski definition) is 3. The number of aryl methyl sites for hydroxylation is 2. The maximum Gasteiger partial charge on any atom is 0.226 e. The Hall–Kier alpha value is -2.30. The number of fused-ring (bicyclic) bond motifs is 1. The molecule has 1 aromatic carbocycles. The molecule has 0 saturated heterocycles. The molecule has 2 aromatic rings.